The predicted octanol–water partition coefficient (Wildman–Crippen LogP) is 0.941. The summed E-state index contributed by atoms with van der Waals surface area (Å²) in [7, 11) is 0. The van der Waals surface area contributed by atoms with E-state index in [4.69, 9.17) is 5.11 Å². The number of hydrogen-bond acceptors (Lipinski definition) is 2. The first kappa shape index (κ1) is 10.8. The number of nitrogens with zero attached hydrogens (tertiary/aromatic N) is 1. The lowest BCUT2D eigenvalue weighted by Crippen LogP contribution is -2.39. The van der Waals surface area contributed by atoms with E-state index >= 15 is 0 Å². The number of carbonyl (C=O) groups is 1. The van der Waals surface area contributed by atoms with Gasteiger partial charge in [0.1, 0.15) is 0 Å². The maximum absolute atomic E-state index is 10.7. The van der Waals surface area contributed by atoms with Crippen LogP contribution in [0.2, 0.25) is 0 Å². The molecular formula is C10H15NO3. The number of rotatable bonds is 3. The van der Waals surface area contributed by atoms with Gasteiger partial charge in [-0.3, -0.25) is 0 Å². The highest BCUT2D eigenvalue weighted by molar-refractivity contribution is 5.76. The smallest absolute Gasteiger partial charge is 0.337 e. The molecule has 0 aliphatic rings. The van der Waals surface area contributed by atoms with Crippen molar-refractivity contribution < 1.29 is 15.0 Å². The fourth-order valence-electron chi connectivity index (χ4n) is 1.32. The van der Waals surface area contributed by atoms with Crippen LogP contribution in [0.1, 0.15) is 18.3 Å². The molecule has 1 aromatic heterocycles. The first-order valence-electron chi connectivity index (χ1n) is 4.43. The van der Waals surface area contributed by atoms with E-state index in [1.807, 2.05) is 26.0 Å². The number of aliphatic hydroxyl groups is 1. The van der Waals surface area contributed by atoms with Gasteiger partial charge in [-0.2, -0.15) is 0 Å². The summed E-state index contributed by atoms with van der Waals surface area (Å²) in [5.74, 6) is -1.20. The molecule has 0 spiro atoms. The summed E-state index contributed by atoms with van der Waals surface area (Å²) in [5, 5.41) is 18.4. The molecule has 0 radical (unpaired) electrons. The van der Waals surface area contributed by atoms with Crippen LogP contribution in [0.15, 0.2) is 12.1 Å². The van der Waals surface area contributed by atoms with E-state index in [1.54, 1.807) is 4.57 Å². The van der Waals surface area contributed by atoms with Gasteiger partial charge in [0.15, 0.2) is 5.60 Å². The summed E-state index contributed by atoms with van der Waals surface area (Å²) in [6.07, 6.45) is 0. The van der Waals surface area contributed by atoms with Crippen LogP contribution in [0.25, 0.3) is 0 Å². The van der Waals surface area contributed by atoms with Crippen molar-refractivity contribution in [3.05, 3.63) is 23.5 Å². The Morgan fingerprint density at radius 1 is 1.43 bits per heavy atom. The average molecular weight is 197 g/mol. The van der Waals surface area contributed by atoms with Gasteiger partial charge in [0.25, 0.3) is 0 Å². The molecule has 1 rings (SSSR count). The Morgan fingerprint density at radius 2 is 1.86 bits per heavy atom. The highest BCUT2D eigenvalue weighted by Crippen LogP contribution is 2.13. The molecule has 0 saturated carbocycles. The van der Waals surface area contributed by atoms with E-state index in [9.17, 15) is 9.90 Å². The van der Waals surface area contributed by atoms with Gasteiger partial charge in [-0.15, -0.1) is 0 Å². The lowest BCUT2D eigenvalue weighted by molar-refractivity contribution is -0.157. The molecule has 0 aliphatic carbocycles. The van der Waals surface area contributed by atoms with Crippen molar-refractivity contribution in [2.75, 3.05) is 0 Å². The van der Waals surface area contributed by atoms with Crippen LogP contribution in [0.5, 0.6) is 0 Å². The maximum Gasteiger partial charge on any atom is 0.337 e. The van der Waals surface area contributed by atoms with Gasteiger partial charge < -0.3 is 14.8 Å². The van der Waals surface area contributed by atoms with Crippen molar-refractivity contribution >= 4 is 5.97 Å². The second-order valence-corrected chi connectivity index (χ2v) is 3.78. The zero-order valence-corrected chi connectivity index (χ0v) is 8.61. The zero-order chi connectivity index (χ0) is 10.9. The summed E-state index contributed by atoms with van der Waals surface area (Å²) in [4.78, 5) is 10.7. The number of aromatic nitrogens is 1. The minimum Gasteiger partial charge on any atom is -0.479 e. The number of aliphatic carboxylic acids is 1. The standard InChI is InChI=1S/C10H15NO3/c1-7-4-5-8(2)11(7)6-10(3,14)9(12)13/h4-5,14H,6H2,1-3H3,(H,12,13). The van der Waals surface area contributed by atoms with E-state index in [0.717, 1.165) is 11.4 Å². The van der Waals surface area contributed by atoms with Crippen LogP contribution in [-0.4, -0.2) is 26.4 Å². The molecule has 1 atom stereocenters. The molecule has 14 heavy (non-hydrogen) atoms. The summed E-state index contributed by atoms with van der Waals surface area (Å²) in [5.41, 5.74) is 0.183. The van der Waals surface area contributed by atoms with Crippen LogP contribution in [0, 0.1) is 13.8 Å². The van der Waals surface area contributed by atoms with Crippen molar-refractivity contribution in [3.8, 4) is 0 Å². The van der Waals surface area contributed by atoms with Crippen molar-refractivity contribution in [3.63, 3.8) is 0 Å². The topological polar surface area (TPSA) is 62.5 Å². The Morgan fingerprint density at radius 3 is 2.21 bits per heavy atom. The molecule has 0 saturated heterocycles. The Bertz CT molecular complexity index is 333. The summed E-state index contributed by atoms with van der Waals surface area (Å²) < 4.78 is 1.79. The van der Waals surface area contributed by atoms with Gasteiger partial charge in [-0.25, -0.2) is 4.79 Å². The molecule has 0 bridgehead atoms. The number of carboxylic acids is 1. The third-order valence-electron chi connectivity index (χ3n) is 2.34. The molecule has 1 heterocycles. The van der Waals surface area contributed by atoms with Gasteiger partial charge in [-0.05, 0) is 32.9 Å². The Balaban J connectivity index is 2.94. The monoisotopic (exact) mass is 197 g/mol. The van der Waals surface area contributed by atoms with Gasteiger partial charge in [0.05, 0.1) is 6.54 Å². The minimum absolute atomic E-state index is 0.0764. The van der Waals surface area contributed by atoms with Gasteiger partial charge in [0.2, 0.25) is 0 Å². The Kier molecular flexibility index (Phi) is 2.66. The van der Waals surface area contributed by atoms with Crippen LogP contribution in [0.3, 0.4) is 0 Å². The minimum atomic E-state index is -1.71. The van der Waals surface area contributed by atoms with E-state index in [2.05, 4.69) is 0 Å². The molecule has 1 aromatic rings. The second kappa shape index (κ2) is 3.46. The molecule has 0 fully saturated rings. The SMILES string of the molecule is Cc1ccc(C)n1CC(C)(O)C(=O)O. The second-order valence-electron chi connectivity index (χ2n) is 3.78. The molecule has 0 amide bonds. The molecule has 1 unspecified atom stereocenters. The van der Waals surface area contributed by atoms with Crippen LogP contribution < -0.4 is 0 Å². The van der Waals surface area contributed by atoms with Crippen LogP contribution >= 0.6 is 0 Å². The molecule has 0 aliphatic heterocycles. The largest absolute Gasteiger partial charge is 0.479 e. The predicted molar refractivity (Wildman–Crippen MR) is 52.2 cm³/mol. The third kappa shape index (κ3) is 1.96. The van der Waals surface area contributed by atoms with Crippen molar-refractivity contribution in [1.29, 1.82) is 0 Å². The quantitative estimate of drug-likeness (QED) is 0.758. The number of carboxylic acid groups (broad SMARTS) is 1. The van der Waals surface area contributed by atoms with E-state index < -0.39 is 11.6 Å². The summed E-state index contributed by atoms with van der Waals surface area (Å²) in [6.45, 7) is 5.14. The molecule has 0 aromatic carbocycles. The summed E-state index contributed by atoms with van der Waals surface area (Å²) >= 11 is 0. The fourth-order valence-corrected chi connectivity index (χ4v) is 1.32. The van der Waals surface area contributed by atoms with E-state index in [1.165, 1.54) is 6.92 Å². The summed E-state index contributed by atoms with van der Waals surface area (Å²) in [6, 6.07) is 3.79. The van der Waals surface area contributed by atoms with Gasteiger partial charge >= 0.3 is 5.97 Å². The molecular weight excluding hydrogens is 182 g/mol. The third-order valence-corrected chi connectivity index (χ3v) is 2.34. The molecule has 78 valence electrons. The first-order valence-corrected chi connectivity index (χ1v) is 4.43. The van der Waals surface area contributed by atoms with Crippen molar-refractivity contribution in [2.45, 2.75) is 32.9 Å². The Hall–Kier alpha value is -1.29. The molecule has 4 heteroatoms. The highest BCUT2D eigenvalue weighted by atomic mass is 16.4. The van der Waals surface area contributed by atoms with Crippen LogP contribution in [-0.2, 0) is 11.3 Å². The average Bonchev–Trinajstić information content (AvgIpc) is 2.35. The van der Waals surface area contributed by atoms with Crippen LogP contribution in [0.4, 0.5) is 0 Å². The Labute approximate surface area is 82.8 Å². The first-order chi connectivity index (χ1) is 6.34. The van der Waals surface area contributed by atoms with E-state index in [-0.39, 0.29) is 6.54 Å². The van der Waals surface area contributed by atoms with Gasteiger partial charge in [-0.1, -0.05) is 0 Å². The highest BCUT2D eigenvalue weighted by Gasteiger charge is 2.30. The normalized spacial score (nSPS) is 15.1. The van der Waals surface area contributed by atoms with Crippen molar-refractivity contribution in [1.82, 2.24) is 4.57 Å². The maximum atomic E-state index is 10.7. The molecule has 2 N–H and O–H groups in total. The number of hydrogen-bond donors (Lipinski definition) is 2. The molecule has 4 nitrogen and oxygen atoms in total. The zero-order valence-electron chi connectivity index (χ0n) is 8.61. The number of aryl methyl sites for hydroxylation is 2. The van der Waals surface area contributed by atoms with Gasteiger partial charge in [0, 0.05) is 11.4 Å². The van der Waals surface area contributed by atoms with E-state index in [0.29, 0.717) is 0 Å². The lowest BCUT2D eigenvalue weighted by Gasteiger charge is -2.20. The lowest BCUT2D eigenvalue weighted by atomic mass is 10.1. The van der Waals surface area contributed by atoms with Crippen molar-refractivity contribution in [2.24, 2.45) is 0 Å². The fraction of sp³-hybridized carbons (Fsp3) is 0.500.